The number of nitrogens with zero attached hydrogens (tertiary/aromatic N) is 1. The molecule has 2 rings (SSSR count). The highest BCUT2D eigenvalue weighted by Crippen LogP contribution is 2.21. The minimum Gasteiger partial charge on any atom is -0.265 e. The van der Waals surface area contributed by atoms with Gasteiger partial charge in [0.2, 0.25) is 0 Å². The fraction of sp³-hybridized carbons (Fsp3) is 0.125. The summed E-state index contributed by atoms with van der Waals surface area (Å²) in [6.45, 7) is 0. The summed E-state index contributed by atoms with van der Waals surface area (Å²) in [6.07, 6.45) is 12.2. The van der Waals surface area contributed by atoms with Gasteiger partial charge < -0.3 is 0 Å². The molecule has 0 amide bonds. The van der Waals surface area contributed by atoms with Gasteiger partial charge >= 0.3 is 0 Å². The van der Waals surface area contributed by atoms with Gasteiger partial charge in [-0.1, -0.05) is 24.3 Å². The maximum atomic E-state index is 4.01. The van der Waals surface area contributed by atoms with Crippen molar-refractivity contribution in [2.75, 3.05) is 0 Å². The summed E-state index contributed by atoms with van der Waals surface area (Å²) in [5.74, 6) is 0.516. The Kier molecular flexibility index (Phi) is 0.890. The van der Waals surface area contributed by atoms with Gasteiger partial charge in [0.25, 0.3) is 0 Å². The van der Waals surface area contributed by atoms with Gasteiger partial charge in [-0.15, -0.1) is 0 Å². The monoisotopic (exact) mass is 117 g/mol. The lowest BCUT2D eigenvalue weighted by molar-refractivity contribution is 1.03. The van der Waals surface area contributed by atoms with Crippen LogP contribution in [-0.4, -0.2) is 6.21 Å². The van der Waals surface area contributed by atoms with E-state index in [9.17, 15) is 0 Å². The summed E-state index contributed by atoms with van der Waals surface area (Å²) in [5.41, 5.74) is 1.30. The summed E-state index contributed by atoms with van der Waals surface area (Å²) in [5, 5.41) is 0. The van der Waals surface area contributed by atoms with E-state index < -0.39 is 0 Å². The quantitative estimate of drug-likeness (QED) is 0.458. The minimum atomic E-state index is 0.516. The highest BCUT2D eigenvalue weighted by atomic mass is 14.7. The van der Waals surface area contributed by atoms with E-state index in [1.807, 2.05) is 12.4 Å². The molecule has 0 spiro atoms. The van der Waals surface area contributed by atoms with Crippen molar-refractivity contribution < 1.29 is 0 Å². The van der Waals surface area contributed by atoms with E-state index in [0.717, 1.165) is 0 Å². The van der Waals surface area contributed by atoms with Gasteiger partial charge in [-0.2, -0.15) is 0 Å². The van der Waals surface area contributed by atoms with Crippen LogP contribution in [-0.2, 0) is 0 Å². The zero-order valence-corrected chi connectivity index (χ0v) is 4.99. The fourth-order valence-corrected chi connectivity index (χ4v) is 1.08. The molecule has 0 radical (unpaired) electrons. The maximum Gasteiger partial charge on any atom is 0.0308 e. The van der Waals surface area contributed by atoms with Crippen LogP contribution in [0.25, 0.3) is 0 Å². The zero-order valence-electron chi connectivity index (χ0n) is 4.99. The normalized spacial score (nSPS) is 28.4. The smallest absolute Gasteiger partial charge is 0.0308 e. The van der Waals surface area contributed by atoms with Crippen molar-refractivity contribution in [3.05, 3.63) is 36.1 Å². The Balaban J connectivity index is 2.40. The SMILES string of the molecule is C1=CC2C=CN=CC2=C1. The van der Waals surface area contributed by atoms with Gasteiger partial charge in [0.15, 0.2) is 0 Å². The summed E-state index contributed by atoms with van der Waals surface area (Å²) < 4.78 is 0. The lowest BCUT2D eigenvalue weighted by Crippen LogP contribution is -1.97. The lowest BCUT2D eigenvalue weighted by atomic mass is 10.0. The molecule has 1 heteroatoms. The molecule has 0 fully saturated rings. The number of allylic oxidation sites excluding steroid dienone is 5. The molecule has 1 atom stereocenters. The molecular weight excluding hydrogens is 110 g/mol. The minimum absolute atomic E-state index is 0.516. The van der Waals surface area contributed by atoms with Gasteiger partial charge in [0, 0.05) is 18.3 Å². The molecule has 1 nitrogen and oxygen atoms in total. The van der Waals surface area contributed by atoms with Crippen LogP contribution in [0.3, 0.4) is 0 Å². The molecule has 1 aliphatic heterocycles. The number of rotatable bonds is 0. The van der Waals surface area contributed by atoms with Crippen molar-refractivity contribution in [2.45, 2.75) is 0 Å². The van der Waals surface area contributed by atoms with Crippen molar-refractivity contribution in [3.63, 3.8) is 0 Å². The first kappa shape index (κ1) is 4.74. The topological polar surface area (TPSA) is 12.4 Å². The molecule has 0 aromatic carbocycles. The molecule has 0 aromatic rings. The zero-order chi connectivity index (χ0) is 6.10. The van der Waals surface area contributed by atoms with Crippen LogP contribution in [0.1, 0.15) is 0 Å². The highest BCUT2D eigenvalue weighted by molar-refractivity contribution is 5.83. The number of hydrogen-bond donors (Lipinski definition) is 0. The summed E-state index contributed by atoms with van der Waals surface area (Å²) >= 11 is 0. The second kappa shape index (κ2) is 1.69. The third-order valence-corrected chi connectivity index (χ3v) is 1.60. The Labute approximate surface area is 54.1 Å². The van der Waals surface area contributed by atoms with Crippen LogP contribution in [0, 0.1) is 5.92 Å². The second-order valence-electron chi connectivity index (χ2n) is 2.20. The highest BCUT2D eigenvalue weighted by Gasteiger charge is 2.10. The molecule has 1 aliphatic carbocycles. The van der Waals surface area contributed by atoms with Crippen molar-refractivity contribution in [1.82, 2.24) is 0 Å². The molecule has 0 N–H and O–H groups in total. The van der Waals surface area contributed by atoms with Gasteiger partial charge in [0.1, 0.15) is 0 Å². The van der Waals surface area contributed by atoms with Gasteiger partial charge in [-0.3, -0.25) is 4.99 Å². The van der Waals surface area contributed by atoms with E-state index >= 15 is 0 Å². The molecular formula is C8H7N. The van der Waals surface area contributed by atoms with Gasteiger partial charge in [-0.25, -0.2) is 0 Å². The molecule has 0 bridgehead atoms. The molecule has 0 saturated carbocycles. The Bertz CT molecular complexity index is 231. The van der Waals surface area contributed by atoms with Crippen LogP contribution in [0.4, 0.5) is 0 Å². The van der Waals surface area contributed by atoms with E-state index in [4.69, 9.17) is 0 Å². The van der Waals surface area contributed by atoms with Crippen molar-refractivity contribution >= 4 is 6.21 Å². The van der Waals surface area contributed by atoms with Crippen LogP contribution in [0.2, 0.25) is 0 Å². The van der Waals surface area contributed by atoms with Crippen molar-refractivity contribution in [3.8, 4) is 0 Å². The van der Waals surface area contributed by atoms with E-state index in [0.29, 0.717) is 5.92 Å². The largest absolute Gasteiger partial charge is 0.265 e. The first-order valence-corrected chi connectivity index (χ1v) is 3.05. The third-order valence-electron chi connectivity index (χ3n) is 1.60. The first-order valence-electron chi connectivity index (χ1n) is 3.05. The van der Waals surface area contributed by atoms with E-state index in [2.05, 4.69) is 29.3 Å². The van der Waals surface area contributed by atoms with Crippen LogP contribution >= 0.6 is 0 Å². The standard InChI is InChI=1S/C8H7N/c1-2-7-4-5-9-6-8(7)3-1/h1-7H. The fourth-order valence-electron chi connectivity index (χ4n) is 1.08. The predicted octanol–water partition coefficient (Wildman–Crippen LogP) is 1.70. The molecule has 0 aromatic heterocycles. The summed E-state index contributed by atoms with van der Waals surface area (Å²) in [7, 11) is 0. The number of aliphatic imine (C=N–C) groups is 1. The average molecular weight is 117 g/mol. The van der Waals surface area contributed by atoms with Crippen molar-refractivity contribution in [1.29, 1.82) is 0 Å². The van der Waals surface area contributed by atoms with Gasteiger partial charge in [0.05, 0.1) is 0 Å². The molecule has 0 saturated heterocycles. The first-order chi connectivity index (χ1) is 4.47. The molecule has 1 heterocycles. The second-order valence-corrected chi connectivity index (χ2v) is 2.20. The Morgan fingerprint density at radius 3 is 3.22 bits per heavy atom. The third kappa shape index (κ3) is 0.653. The van der Waals surface area contributed by atoms with Crippen LogP contribution in [0.15, 0.2) is 41.1 Å². The van der Waals surface area contributed by atoms with Crippen LogP contribution in [0.5, 0.6) is 0 Å². The van der Waals surface area contributed by atoms with Crippen LogP contribution < -0.4 is 0 Å². The predicted molar refractivity (Wildman–Crippen MR) is 38.3 cm³/mol. The molecule has 2 aliphatic rings. The number of fused-ring (bicyclic) bond motifs is 1. The van der Waals surface area contributed by atoms with E-state index in [1.165, 1.54) is 5.57 Å². The molecule has 9 heavy (non-hydrogen) atoms. The Hall–Kier alpha value is -1.11. The van der Waals surface area contributed by atoms with Crippen molar-refractivity contribution in [2.24, 2.45) is 10.9 Å². The molecule has 1 unspecified atom stereocenters. The number of hydrogen-bond acceptors (Lipinski definition) is 1. The summed E-state index contributed by atoms with van der Waals surface area (Å²) in [6, 6.07) is 0. The van der Waals surface area contributed by atoms with E-state index in [-0.39, 0.29) is 0 Å². The Morgan fingerprint density at radius 2 is 2.33 bits per heavy atom. The van der Waals surface area contributed by atoms with Gasteiger partial charge in [-0.05, 0) is 5.57 Å². The summed E-state index contributed by atoms with van der Waals surface area (Å²) in [4.78, 5) is 4.01. The van der Waals surface area contributed by atoms with E-state index in [1.54, 1.807) is 0 Å². The molecule has 44 valence electrons. The lowest BCUT2D eigenvalue weighted by Gasteiger charge is -2.05. The Morgan fingerprint density at radius 1 is 1.33 bits per heavy atom. The average Bonchev–Trinajstić information content (AvgIpc) is 2.33. The maximum absolute atomic E-state index is 4.01.